The maximum atomic E-state index is 12.9. The predicted molar refractivity (Wildman–Crippen MR) is 72.1 cm³/mol. The second-order valence-electron chi connectivity index (χ2n) is 4.75. The first-order valence-electron chi connectivity index (χ1n) is 6.54. The van der Waals surface area contributed by atoms with Gasteiger partial charge in [0.25, 0.3) is 0 Å². The molecule has 2 aromatic rings. The van der Waals surface area contributed by atoms with Crippen LogP contribution in [-0.2, 0) is 26.1 Å². The third-order valence-corrected chi connectivity index (χ3v) is 3.26. The molecule has 0 N–H and O–H groups in total. The monoisotopic (exact) mass is 296 g/mol. The van der Waals surface area contributed by atoms with E-state index in [0.717, 1.165) is 11.8 Å². The van der Waals surface area contributed by atoms with Gasteiger partial charge in [-0.15, -0.1) is 0 Å². The minimum absolute atomic E-state index is 0.101. The van der Waals surface area contributed by atoms with Crippen molar-refractivity contribution in [2.75, 3.05) is 0 Å². The van der Waals surface area contributed by atoms with E-state index in [0.29, 0.717) is 12.1 Å². The molecule has 0 saturated carbocycles. The van der Waals surface area contributed by atoms with Crippen molar-refractivity contribution in [1.82, 2.24) is 9.78 Å². The topological polar surface area (TPSA) is 34.9 Å². The lowest BCUT2D eigenvalue weighted by molar-refractivity contribution is -0.137. The van der Waals surface area contributed by atoms with Gasteiger partial charge in [-0.05, 0) is 18.6 Å². The summed E-state index contributed by atoms with van der Waals surface area (Å²) >= 11 is 0. The van der Waals surface area contributed by atoms with Crippen LogP contribution >= 0.6 is 0 Å². The largest absolute Gasteiger partial charge is 0.417 e. The third-order valence-electron chi connectivity index (χ3n) is 3.26. The van der Waals surface area contributed by atoms with Gasteiger partial charge in [-0.2, -0.15) is 18.3 Å². The molecule has 0 bridgehead atoms. The summed E-state index contributed by atoms with van der Waals surface area (Å²) in [5.41, 5.74) is 0.218. The number of aryl methyl sites for hydroxylation is 2. The van der Waals surface area contributed by atoms with Crippen molar-refractivity contribution in [2.45, 2.75) is 25.9 Å². The fourth-order valence-corrected chi connectivity index (χ4v) is 2.14. The smallest absolute Gasteiger partial charge is 0.294 e. The average molecular weight is 296 g/mol. The zero-order valence-corrected chi connectivity index (χ0v) is 11.7. The van der Waals surface area contributed by atoms with Crippen LogP contribution in [0.5, 0.6) is 0 Å². The highest BCUT2D eigenvalue weighted by Crippen LogP contribution is 2.32. The minimum atomic E-state index is -4.53. The normalized spacial score (nSPS) is 11.7. The van der Waals surface area contributed by atoms with Crippen LogP contribution in [0.4, 0.5) is 13.2 Å². The Labute approximate surface area is 120 Å². The number of halogens is 3. The molecule has 1 heterocycles. The van der Waals surface area contributed by atoms with Gasteiger partial charge in [0.2, 0.25) is 0 Å². The minimum Gasteiger partial charge on any atom is -0.294 e. The van der Waals surface area contributed by atoms with Crippen LogP contribution < -0.4 is 0 Å². The van der Waals surface area contributed by atoms with Crippen molar-refractivity contribution in [2.24, 2.45) is 7.05 Å². The van der Waals surface area contributed by atoms with E-state index >= 15 is 0 Å². The van der Waals surface area contributed by atoms with Gasteiger partial charge in [0.15, 0.2) is 5.78 Å². The first-order valence-corrected chi connectivity index (χ1v) is 6.54. The molecule has 1 aromatic carbocycles. The van der Waals surface area contributed by atoms with Crippen LogP contribution in [0.25, 0.3) is 0 Å². The molecule has 2 rings (SSSR count). The van der Waals surface area contributed by atoms with Crippen LogP contribution in [-0.4, -0.2) is 15.6 Å². The van der Waals surface area contributed by atoms with Crippen LogP contribution in [0, 0.1) is 0 Å². The molecule has 0 unspecified atom stereocenters. The summed E-state index contributed by atoms with van der Waals surface area (Å²) in [6, 6.07) is 6.59. The Hall–Kier alpha value is -2.11. The number of alkyl halides is 3. The Morgan fingerprint density at radius 2 is 1.95 bits per heavy atom. The van der Waals surface area contributed by atoms with Gasteiger partial charge in [0, 0.05) is 18.3 Å². The number of benzene rings is 1. The lowest BCUT2D eigenvalue weighted by Crippen LogP contribution is -2.15. The summed E-state index contributed by atoms with van der Waals surface area (Å²) in [6.45, 7) is 1.92. The molecule has 0 spiro atoms. The molecule has 0 radical (unpaired) electrons. The summed E-state index contributed by atoms with van der Waals surface area (Å²) < 4.78 is 40.3. The van der Waals surface area contributed by atoms with Gasteiger partial charge in [-0.1, -0.05) is 25.1 Å². The van der Waals surface area contributed by atoms with Crippen molar-refractivity contribution in [3.05, 3.63) is 52.8 Å². The fraction of sp³-hybridized carbons (Fsp3) is 0.333. The van der Waals surface area contributed by atoms with E-state index in [1.807, 2.05) is 6.92 Å². The molecule has 0 fully saturated rings. The van der Waals surface area contributed by atoms with Crippen molar-refractivity contribution in [3.8, 4) is 0 Å². The van der Waals surface area contributed by atoms with Gasteiger partial charge in [0.05, 0.1) is 17.7 Å². The molecule has 6 heteroatoms. The Morgan fingerprint density at radius 1 is 1.29 bits per heavy atom. The van der Waals surface area contributed by atoms with Gasteiger partial charge >= 0.3 is 6.18 Å². The molecule has 0 atom stereocenters. The number of carbonyl (C=O) groups excluding carboxylic acids is 1. The number of Topliss-reactive ketones (excluding diaryl/α,β-unsaturated/α-hetero) is 1. The first-order chi connectivity index (χ1) is 9.82. The van der Waals surface area contributed by atoms with Crippen molar-refractivity contribution in [1.29, 1.82) is 0 Å². The van der Waals surface area contributed by atoms with E-state index in [-0.39, 0.29) is 12.0 Å². The zero-order valence-electron chi connectivity index (χ0n) is 11.7. The molecule has 1 aromatic heterocycles. The predicted octanol–water partition coefficient (Wildman–Crippen LogP) is 3.43. The fourth-order valence-electron chi connectivity index (χ4n) is 2.14. The number of aromatic nitrogens is 2. The summed E-state index contributed by atoms with van der Waals surface area (Å²) in [4.78, 5) is 12.2. The van der Waals surface area contributed by atoms with E-state index in [1.165, 1.54) is 22.9 Å². The zero-order chi connectivity index (χ0) is 15.6. The molecule has 112 valence electrons. The van der Waals surface area contributed by atoms with E-state index in [9.17, 15) is 18.0 Å². The number of ketones is 1. The summed E-state index contributed by atoms with van der Waals surface area (Å²) in [5, 5.41) is 4.19. The third kappa shape index (κ3) is 3.32. The average Bonchev–Trinajstić information content (AvgIpc) is 2.78. The standard InChI is InChI=1S/C15H15F3N2O/c1-3-10-8-11(20(2)19-10)9-14(21)12-6-4-5-7-13(12)15(16,17)18/h4-8H,3,9H2,1-2H3. The number of carbonyl (C=O) groups is 1. The quantitative estimate of drug-likeness (QED) is 0.810. The Bertz CT molecular complexity index is 659. The van der Waals surface area contributed by atoms with Crippen LogP contribution in [0.3, 0.4) is 0 Å². The molecule has 0 aliphatic carbocycles. The van der Waals surface area contributed by atoms with Crippen LogP contribution in [0.2, 0.25) is 0 Å². The summed E-state index contributed by atoms with van der Waals surface area (Å²) in [7, 11) is 1.68. The van der Waals surface area contributed by atoms with E-state index < -0.39 is 17.5 Å². The Balaban J connectivity index is 2.31. The van der Waals surface area contributed by atoms with Gasteiger partial charge in [-0.25, -0.2) is 0 Å². The van der Waals surface area contributed by atoms with Gasteiger partial charge in [0.1, 0.15) is 0 Å². The second-order valence-corrected chi connectivity index (χ2v) is 4.75. The van der Waals surface area contributed by atoms with E-state index in [4.69, 9.17) is 0 Å². The SMILES string of the molecule is CCc1cc(CC(=O)c2ccccc2C(F)(F)F)n(C)n1. The molecular weight excluding hydrogens is 281 g/mol. The Kier molecular flexibility index (Phi) is 4.16. The summed E-state index contributed by atoms with van der Waals surface area (Å²) in [5.74, 6) is -0.562. The number of nitrogens with zero attached hydrogens (tertiary/aromatic N) is 2. The molecule has 0 saturated heterocycles. The Morgan fingerprint density at radius 3 is 2.52 bits per heavy atom. The molecule has 0 aliphatic heterocycles. The highest BCUT2D eigenvalue weighted by Gasteiger charge is 2.34. The molecule has 0 amide bonds. The summed E-state index contributed by atoms with van der Waals surface area (Å²) in [6.07, 6.45) is -3.93. The molecular formula is C15H15F3N2O. The van der Waals surface area contributed by atoms with E-state index in [1.54, 1.807) is 13.1 Å². The first kappa shape index (κ1) is 15.3. The van der Waals surface area contributed by atoms with Crippen molar-refractivity contribution < 1.29 is 18.0 Å². The molecule has 21 heavy (non-hydrogen) atoms. The maximum Gasteiger partial charge on any atom is 0.417 e. The van der Waals surface area contributed by atoms with Crippen molar-refractivity contribution in [3.63, 3.8) is 0 Å². The number of rotatable bonds is 4. The van der Waals surface area contributed by atoms with Gasteiger partial charge in [-0.3, -0.25) is 9.48 Å². The second kappa shape index (κ2) is 5.71. The maximum absolute atomic E-state index is 12.9. The lowest BCUT2D eigenvalue weighted by Gasteiger charge is -2.11. The van der Waals surface area contributed by atoms with Crippen LogP contribution in [0.15, 0.2) is 30.3 Å². The lowest BCUT2D eigenvalue weighted by atomic mass is 10.00. The highest BCUT2D eigenvalue weighted by atomic mass is 19.4. The molecule has 0 aliphatic rings. The molecule has 3 nitrogen and oxygen atoms in total. The highest BCUT2D eigenvalue weighted by molar-refractivity contribution is 5.98. The number of hydrogen-bond donors (Lipinski definition) is 0. The van der Waals surface area contributed by atoms with Crippen LogP contribution in [0.1, 0.15) is 34.2 Å². The van der Waals surface area contributed by atoms with E-state index in [2.05, 4.69) is 5.10 Å². The van der Waals surface area contributed by atoms with Crippen molar-refractivity contribution >= 4 is 5.78 Å². The van der Waals surface area contributed by atoms with Gasteiger partial charge < -0.3 is 0 Å². The number of hydrogen-bond acceptors (Lipinski definition) is 2.